The minimum atomic E-state index is 0.506. The smallest absolute Gasteiger partial charge is 0.00952 e. The SMILES string of the molecule is CC(C)(C)C1CCCCC2CCCCCN2CC1. The summed E-state index contributed by atoms with van der Waals surface area (Å²) in [4.78, 5) is 2.84. The van der Waals surface area contributed by atoms with Crippen LogP contribution in [0.1, 0.15) is 78.6 Å². The Balaban J connectivity index is 1.98. The molecule has 0 radical (unpaired) electrons. The van der Waals surface area contributed by atoms with Gasteiger partial charge in [0.2, 0.25) is 0 Å². The van der Waals surface area contributed by atoms with Crippen LogP contribution >= 0.6 is 0 Å². The lowest BCUT2D eigenvalue weighted by Crippen LogP contribution is -2.36. The molecule has 2 rings (SSSR count). The van der Waals surface area contributed by atoms with Crippen LogP contribution in [0.3, 0.4) is 0 Å². The number of hydrogen-bond acceptors (Lipinski definition) is 1. The van der Waals surface area contributed by atoms with Gasteiger partial charge in [0.1, 0.15) is 0 Å². The van der Waals surface area contributed by atoms with E-state index in [0.717, 1.165) is 12.0 Å². The standard InChI is InChI=1S/C17H33N/c1-17(2,3)15-9-6-7-11-16-10-5-4-8-13-18(16)14-12-15/h15-16H,4-14H2,1-3H3. The normalized spacial score (nSPS) is 32.8. The highest BCUT2D eigenvalue weighted by Gasteiger charge is 2.28. The van der Waals surface area contributed by atoms with Gasteiger partial charge in [-0.05, 0) is 56.5 Å². The molecular weight excluding hydrogens is 218 g/mol. The highest BCUT2D eigenvalue weighted by atomic mass is 15.2. The molecule has 106 valence electrons. The van der Waals surface area contributed by atoms with Crippen LogP contribution in [0, 0.1) is 11.3 Å². The maximum Gasteiger partial charge on any atom is 0.00952 e. The molecule has 0 bridgehead atoms. The second-order valence-corrected chi connectivity index (χ2v) is 7.68. The van der Waals surface area contributed by atoms with Gasteiger partial charge < -0.3 is 4.90 Å². The van der Waals surface area contributed by atoms with Crippen LogP contribution in [0.4, 0.5) is 0 Å². The third kappa shape index (κ3) is 3.98. The molecule has 2 aliphatic rings. The molecule has 2 heterocycles. The second kappa shape index (κ2) is 6.41. The fraction of sp³-hybridized carbons (Fsp3) is 1.00. The maximum absolute atomic E-state index is 2.84. The average molecular weight is 251 g/mol. The van der Waals surface area contributed by atoms with E-state index < -0.39 is 0 Å². The van der Waals surface area contributed by atoms with Crippen LogP contribution in [0.25, 0.3) is 0 Å². The molecule has 0 amide bonds. The predicted molar refractivity (Wildman–Crippen MR) is 79.9 cm³/mol. The van der Waals surface area contributed by atoms with Crippen molar-refractivity contribution in [3.63, 3.8) is 0 Å². The van der Waals surface area contributed by atoms with Crippen molar-refractivity contribution in [1.29, 1.82) is 0 Å². The number of rotatable bonds is 0. The summed E-state index contributed by atoms with van der Waals surface area (Å²) in [7, 11) is 0. The van der Waals surface area contributed by atoms with Crippen molar-refractivity contribution >= 4 is 0 Å². The molecule has 2 unspecified atom stereocenters. The molecule has 0 saturated carbocycles. The lowest BCUT2D eigenvalue weighted by Gasteiger charge is -2.34. The quantitative estimate of drug-likeness (QED) is 0.594. The second-order valence-electron chi connectivity index (χ2n) is 7.68. The molecule has 2 saturated heterocycles. The molecule has 1 heteroatoms. The summed E-state index contributed by atoms with van der Waals surface area (Å²) >= 11 is 0. The molecule has 2 fully saturated rings. The van der Waals surface area contributed by atoms with E-state index in [1.807, 2.05) is 0 Å². The van der Waals surface area contributed by atoms with E-state index >= 15 is 0 Å². The third-order valence-corrected chi connectivity index (χ3v) is 5.33. The minimum absolute atomic E-state index is 0.506. The van der Waals surface area contributed by atoms with Crippen LogP contribution in [-0.4, -0.2) is 24.0 Å². The molecule has 0 aromatic rings. The van der Waals surface area contributed by atoms with Crippen molar-refractivity contribution in [1.82, 2.24) is 4.90 Å². The van der Waals surface area contributed by atoms with E-state index in [4.69, 9.17) is 0 Å². The molecule has 0 aromatic carbocycles. The summed E-state index contributed by atoms with van der Waals surface area (Å²) in [5.41, 5.74) is 0.506. The molecule has 0 spiro atoms. The van der Waals surface area contributed by atoms with Crippen molar-refractivity contribution in [2.75, 3.05) is 13.1 Å². The first kappa shape index (κ1) is 14.4. The van der Waals surface area contributed by atoms with E-state index in [1.54, 1.807) is 0 Å². The largest absolute Gasteiger partial charge is 0.300 e. The van der Waals surface area contributed by atoms with Gasteiger partial charge in [-0.3, -0.25) is 0 Å². The average Bonchev–Trinajstić information content (AvgIpc) is 2.45. The van der Waals surface area contributed by atoms with Crippen LogP contribution < -0.4 is 0 Å². The Hall–Kier alpha value is -0.0400. The zero-order chi connectivity index (χ0) is 13.0. The minimum Gasteiger partial charge on any atom is -0.300 e. The molecule has 0 aromatic heterocycles. The van der Waals surface area contributed by atoms with Gasteiger partial charge in [-0.15, -0.1) is 0 Å². The summed E-state index contributed by atoms with van der Waals surface area (Å²) in [6, 6.07) is 0.922. The monoisotopic (exact) mass is 251 g/mol. The predicted octanol–water partition coefficient (Wildman–Crippen LogP) is 4.86. The number of nitrogens with zero attached hydrogens (tertiary/aromatic N) is 1. The van der Waals surface area contributed by atoms with E-state index in [1.165, 1.54) is 70.9 Å². The van der Waals surface area contributed by atoms with Crippen LogP contribution in [0.15, 0.2) is 0 Å². The molecule has 2 aliphatic heterocycles. The van der Waals surface area contributed by atoms with E-state index in [0.29, 0.717) is 5.41 Å². The lowest BCUT2D eigenvalue weighted by atomic mass is 9.76. The highest BCUT2D eigenvalue weighted by molar-refractivity contribution is 4.81. The van der Waals surface area contributed by atoms with Gasteiger partial charge in [-0.2, -0.15) is 0 Å². The molecule has 2 atom stereocenters. The molecule has 0 aliphatic carbocycles. The van der Waals surface area contributed by atoms with E-state index in [2.05, 4.69) is 25.7 Å². The van der Waals surface area contributed by atoms with Crippen molar-refractivity contribution in [3.05, 3.63) is 0 Å². The Morgan fingerprint density at radius 2 is 1.39 bits per heavy atom. The van der Waals surface area contributed by atoms with Crippen molar-refractivity contribution in [3.8, 4) is 0 Å². The van der Waals surface area contributed by atoms with Gasteiger partial charge in [0.25, 0.3) is 0 Å². The van der Waals surface area contributed by atoms with Crippen LogP contribution in [0.5, 0.6) is 0 Å². The third-order valence-electron chi connectivity index (χ3n) is 5.33. The molecule has 1 nitrogen and oxygen atoms in total. The summed E-state index contributed by atoms with van der Waals surface area (Å²) < 4.78 is 0. The summed E-state index contributed by atoms with van der Waals surface area (Å²) in [5, 5.41) is 0. The van der Waals surface area contributed by atoms with Gasteiger partial charge in [0.05, 0.1) is 0 Å². The first-order chi connectivity index (χ1) is 8.57. The van der Waals surface area contributed by atoms with Gasteiger partial charge in [-0.25, -0.2) is 0 Å². The van der Waals surface area contributed by atoms with Gasteiger partial charge >= 0.3 is 0 Å². The molecular formula is C17H33N. The first-order valence-corrected chi connectivity index (χ1v) is 8.31. The number of fused-ring (bicyclic) bond motifs is 1. The first-order valence-electron chi connectivity index (χ1n) is 8.31. The van der Waals surface area contributed by atoms with Crippen molar-refractivity contribution in [2.24, 2.45) is 11.3 Å². The zero-order valence-electron chi connectivity index (χ0n) is 12.9. The van der Waals surface area contributed by atoms with E-state index in [-0.39, 0.29) is 0 Å². The Bertz CT molecular complexity index is 240. The fourth-order valence-corrected chi connectivity index (χ4v) is 3.96. The van der Waals surface area contributed by atoms with Crippen molar-refractivity contribution < 1.29 is 0 Å². The maximum atomic E-state index is 2.84. The fourth-order valence-electron chi connectivity index (χ4n) is 3.96. The molecule has 18 heavy (non-hydrogen) atoms. The summed E-state index contributed by atoms with van der Waals surface area (Å²) in [6.07, 6.45) is 13.2. The van der Waals surface area contributed by atoms with Gasteiger partial charge in [-0.1, -0.05) is 46.5 Å². The van der Waals surface area contributed by atoms with Gasteiger partial charge in [0.15, 0.2) is 0 Å². The number of hydrogen-bond donors (Lipinski definition) is 0. The lowest BCUT2D eigenvalue weighted by molar-refractivity contribution is 0.153. The Kier molecular flexibility index (Phi) is 5.12. The zero-order valence-corrected chi connectivity index (χ0v) is 12.9. The Morgan fingerprint density at radius 1 is 0.722 bits per heavy atom. The Labute approximate surface area is 114 Å². The topological polar surface area (TPSA) is 3.24 Å². The van der Waals surface area contributed by atoms with Crippen LogP contribution in [-0.2, 0) is 0 Å². The van der Waals surface area contributed by atoms with Crippen LogP contribution in [0.2, 0.25) is 0 Å². The summed E-state index contributed by atoms with van der Waals surface area (Å²) in [5.74, 6) is 0.930. The summed E-state index contributed by atoms with van der Waals surface area (Å²) in [6.45, 7) is 10.1. The van der Waals surface area contributed by atoms with Crippen molar-refractivity contribution in [2.45, 2.75) is 84.6 Å². The highest BCUT2D eigenvalue weighted by Crippen LogP contribution is 2.35. The molecule has 0 N–H and O–H groups in total. The van der Waals surface area contributed by atoms with Gasteiger partial charge in [0, 0.05) is 6.04 Å². The Morgan fingerprint density at radius 3 is 2.11 bits per heavy atom. The van der Waals surface area contributed by atoms with E-state index in [9.17, 15) is 0 Å².